The fraction of sp³-hybridized carbons (Fsp3) is 0.176. The summed E-state index contributed by atoms with van der Waals surface area (Å²) in [5, 5.41) is 3.34. The summed E-state index contributed by atoms with van der Waals surface area (Å²) in [7, 11) is 0. The Bertz CT molecular complexity index is 505. The van der Waals surface area contributed by atoms with Crippen LogP contribution in [0.4, 0.5) is 10.1 Å². The van der Waals surface area contributed by atoms with Gasteiger partial charge in [-0.05, 0) is 42.7 Å². The van der Waals surface area contributed by atoms with E-state index in [0.29, 0.717) is 0 Å². The highest BCUT2D eigenvalue weighted by Gasteiger charge is 2.04. The average molecular weight is 255 g/mol. The maximum absolute atomic E-state index is 12.8. The number of hydrogen-bond acceptors (Lipinski definition) is 1. The molecule has 0 aromatic heterocycles. The second-order valence-electron chi connectivity index (χ2n) is 4.52. The monoisotopic (exact) mass is 255 g/mol. The van der Waals surface area contributed by atoms with Crippen LogP contribution in [0.25, 0.3) is 0 Å². The van der Waals surface area contributed by atoms with Crippen molar-refractivity contribution in [3.05, 3.63) is 78.6 Å². The summed E-state index contributed by atoms with van der Waals surface area (Å²) >= 11 is 0. The minimum absolute atomic E-state index is 0.186. The van der Waals surface area contributed by atoms with Crippen LogP contribution in [-0.4, -0.2) is 6.04 Å². The van der Waals surface area contributed by atoms with Gasteiger partial charge in [-0.3, -0.25) is 0 Å². The van der Waals surface area contributed by atoms with E-state index in [1.807, 2.05) is 24.3 Å². The molecule has 19 heavy (non-hydrogen) atoms. The molecule has 2 aromatic rings. The Morgan fingerprint density at radius 3 is 2.37 bits per heavy atom. The zero-order valence-electron chi connectivity index (χ0n) is 10.9. The number of nitrogens with one attached hydrogen (secondary N) is 1. The molecular formula is C17H18FN. The molecule has 2 rings (SSSR count). The molecule has 1 nitrogen and oxygen atoms in total. The van der Waals surface area contributed by atoms with Crippen LogP contribution in [-0.2, 0) is 6.42 Å². The van der Waals surface area contributed by atoms with E-state index in [4.69, 9.17) is 0 Å². The van der Waals surface area contributed by atoms with Gasteiger partial charge in [0.15, 0.2) is 0 Å². The van der Waals surface area contributed by atoms with Crippen molar-refractivity contribution >= 4 is 5.69 Å². The van der Waals surface area contributed by atoms with Gasteiger partial charge in [0.05, 0.1) is 0 Å². The smallest absolute Gasteiger partial charge is 0.123 e. The van der Waals surface area contributed by atoms with Crippen molar-refractivity contribution in [3.63, 3.8) is 0 Å². The fourth-order valence-corrected chi connectivity index (χ4v) is 1.98. The lowest BCUT2D eigenvalue weighted by molar-refractivity contribution is 0.628. The first-order valence-corrected chi connectivity index (χ1v) is 6.46. The fourth-order valence-electron chi connectivity index (χ4n) is 1.98. The van der Waals surface area contributed by atoms with Gasteiger partial charge >= 0.3 is 0 Å². The Labute approximate surface area is 113 Å². The minimum Gasteiger partial charge on any atom is -0.379 e. The normalized spacial score (nSPS) is 11.8. The Hall–Kier alpha value is -2.09. The molecule has 0 aliphatic heterocycles. The Morgan fingerprint density at radius 2 is 1.74 bits per heavy atom. The third-order valence-corrected chi connectivity index (χ3v) is 3.07. The van der Waals surface area contributed by atoms with E-state index in [0.717, 1.165) is 18.5 Å². The molecule has 0 unspecified atom stereocenters. The molecular weight excluding hydrogens is 237 g/mol. The largest absolute Gasteiger partial charge is 0.379 e. The first-order chi connectivity index (χ1) is 9.28. The maximum Gasteiger partial charge on any atom is 0.123 e. The van der Waals surface area contributed by atoms with E-state index >= 15 is 0 Å². The van der Waals surface area contributed by atoms with Crippen LogP contribution in [0, 0.1) is 5.82 Å². The molecule has 0 aliphatic rings. The lowest BCUT2D eigenvalue weighted by Gasteiger charge is -2.16. The second-order valence-corrected chi connectivity index (χ2v) is 4.52. The van der Waals surface area contributed by atoms with Crippen molar-refractivity contribution in [2.24, 2.45) is 0 Å². The summed E-state index contributed by atoms with van der Waals surface area (Å²) in [6, 6.07) is 17.0. The van der Waals surface area contributed by atoms with Gasteiger partial charge in [-0.1, -0.05) is 36.4 Å². The predicted molar refractivity (Wildman–Crippen MR) is 78.8 cm³/mol. The Morgan fingerprint density at radius 1 is 1.05 bits per heavy atom. The van der Waals surface area contributed by atoms with Crippen molar-refractivity contribution in [1.82, 2.24) is 0 Å². The molecule has 1 atom stereocenters. The zero-order chi connectivity index (χ0) is 13.5. The molecule has 98 valence electrons. The molecule has 0 saturated heterocycles. The highest BCUT2D eigenvalue weighted by atomic mass is 19.1. The van der Waals surface area contributed by atoms with E-state index in [1.54, 1.807) is 12.1 Å². The molecule has 2 heteroatoms. The quantitative estimate of drug-likeness (QED) is 0.753. The molecule has 0 spiro atoms. The SMILES string of the molecule is C=C[C@@H](CCc1ccccc1)Nc1ccc(F)cc1. The molecule has 0 bridgehead atoms. The number of halogens is 1. The summed E-state index contributed by atoms with van der Waals surface area (Å²) in [5.41, 5.74) is 2.23. The molecule has 1 N–H and O–H groups in total. The van der Waals surface area contributed by atoms with Gasteiger partial charge < -0.3 is 5.32 Å². The predicted octanol–water partition coefficient (Wildman–Crippen LogP) is 4.43. The third-order valence-electron chi connectivity index (χ3n) is 3.07. The summed E-state index contributed by atoms with van der Waals surface area (Å²) in [4.78, 5) is 0. The summed E-state index contributed by atoms with van der Waals surface area (Å²) in [6.07, 6.45) is 3.85. The van der Waals surface area contributed by atoms with E-state index in [2.05, 4.69) is 24.0 Å². The number of hydrogen-bond donors (Lipinski definition) is 1. The Balaban J connectivity index is 1.90. The topological polar surface area (TPSA) is 12.0 Å². The highest BCUT2D eigenvalue weighted by molar-refractivity contribution is 5.44. The highest BCUT2D eigenvalue weighted by Crippen LogP contribution is 2.13. The van der Waals surface area contributed by atoms with Crippen LogP contribution in [0.3, 0.4) is 0 Å². The molecule has 0 saturated carbocycles. The van der Waals surface area contributed by atoms with Crippen LogP contribution in [0.1, 0.15) is 12.0 Å². The third kappa shape index (κ3) is 4.25. The van der Waals surface area contributed by atoms with Gasteiger partial charge in [0.25, 0.3) is 0 Å². The van der Waals surface area contributed by atoms with E-state index in [1.165, 1.54) is 17.7 Å². The van der Waals surface area contributed by atoms with Crippen LogP contribution in [0.2, 0.25) is 0 Å². The number of benzene rings is 2. The molecule has 0 fully saturated rings. The lowest BCUT2D eigenvalue weighted by atomic mass is 10.1. The first-order valence-electron chi connectivity index (χ1n) is 6.46. The summed E-state index contributed by atoms with van der Waals surface area (Å²) < 4.78 is 12.8. The second kappa shape index (κ2) is 6.74. The van der Waals surface area contributed by atoms with Crippen molar-refractivity contribution < 1.29 is 4.39 Å². The van der Waals surface area contributed by atoms with E-state index in [9.17, 15) is 4.39 Å². The molecule has 0 amide bonds. The van der Waals surface area contributed by atoms with Crippen LogP contribution < -0.4 is 5.32 Å². The minimum atomic E-state index is -0.218. The number of rotatable bonds is 6. The van der Waals surface area contributed by atoms with Crippen molar-refractivity contribution in [2.45, 2.75) is 18.9 Å². The van der Waals surface area contributed by atoms with Gasteiger partial charge in [0.1, 0.15) is 5.82 Å². The molecule has 0 aliphatic carbocycles. The van der Waals surface area contributed by atoms with Crippen molar-refractivity contribution in [1.29, 1.82) is 0 Å². The van der Waals surface area contributed by atoms with E-state index < -0.39 is 0 Å². The molecule has 0 heterocycles. The van der Waals surface area contributed by atoms with Crippen LogP contribution >= 0.6 is 0 Å². The zero-order valence-corrected chi connectivity index (χ0v) is 10.9. The summed E-state index contributed by atoms with van der Waals surface area (Å²) in [6.45, 7) is 3.85. The van der Waals surface area contributed by atoms with Gasteiger partial charge in [0.2, 0.25) is 0 Å². The van der Waals surface area contributed by atoms with Gasteiger partial charge in [-0.2, -0.15) is 0 Å². The lowest BCUT2D eigenvalue weighted by Crippen LogP contribution is -2.17. The first kappa shape index (κ1) is 13.3. The molecule has 2 aromatic carbocycles. The number of anilines is 1. The standard InChI is InChI=1S/C17H18FN/c1-2-16(11-8-14-6-4-3-5-7-14)19-17-12-9-15(18)10-13-17/h2-7,9-10,12-13,16,19H,1,8,11H2/t16-/m0/s1. The van der Waals surface area contributed by atoms with Crippen molar-refractivity contribution in [3.8, 4) is 0 Å². The number of aryl methyl sites for hydroxylation is 1. The van der Waals surface area contributed by atoms with Gasteiger partial charge in [-0.25, -0.2) is 4.39 Å². The average Bonchev–Trinajstić information content (AvgIpc) is 2.46. The van der Waals surface area contributed by atoms with Crippen LogP contribution in [0.15, 0.2) is 67.3 Å². The van der Waals surface area contributed by atoms with Gasteiger partial charge in [0, 0.05) is 11.7 Å². The van der Waals surface area contributed by atoms with E-state index in [-0.39, 0.29) is 11.9 Å². The van der Waals surface area contributed by atoms with Gasteiger partial charge in [-0.15, -0.1) is 6.58 Å². The summed E-state index contributed by atoms with van der Waals surface area (Å²) in [5.74, 6) is -0.218. The van der Waals surface area contributed by atoms with Crippen molar-refractivity contribution in [2.75, 3.05) is 5.32 Å². The Kier molecular flexibility index (Phi) is 4.73. The molecule has 0 radical (unpaired) electrons. The van der Waals surface area contributed by atoms with Crippen LogP contribution in [0.5, 0.6) is 0 Å². The maximum atomic E-state index is 12.8.